The Morgan fingerprint density at radius 2 is 2.05 bits per heavy atom. The molecule has 0 radical (unpaired) electrons. The Morgan fingerprint density at radius 1 is 1.32 bits per heavy atom. The molecule has 2 heterocycles. The molecule has 0 bridgehead atoms. The van der Waals surface area contributed by atoms with Crippen LogP contribution in [0.2, 0.25) is 5.02 Å². The van der Waals surface area contributed by atoms with Gasteiger partial charge < -0.3 is 4.74 Å². The topological polar surface area (TPSA) is 43.2 Å². The summed E-state index contributed by atoms with van der Waals surface area (Å²) in [5.74, 6) is 0.493. The van der Waals surface area contributed by atoms with Crippen molar-refractivity contribution >= 4 is 11.6 Å². The minimum absolute atomic E-state index is 0.493. The van der Waals surface area contributed by atoms with Crippen molar-refractivity contribution in [3.05, 3.63) is 39.8 Å². The zero-order valence-electron chi connectivity index (χ0n) is 13.9. The van der Waals surface area contributed by atoms with E-state index in [4.69, 9.17) is 16.3 Å². The van der Waals surface area contributed by atoms with Gasteiger partial charge in [-0.1, -0.05) is 11.6 Å². The van der Waals surface area contributed by atoms with Gasteiger partial charge in [0, 0.05) is 37.1 Å². The minimum Gasteiger partial charge on any atom is -0.480 e. The molecule has 0 N–H and O–H groups in total. The third-order valence-corrected chi connectivity index (χ3v) is 4.21. The standard InChI is InChI=1S/C16H23ClN4O/c1-6-21-9-13(7-18-21)8-20(4)10-14-11(2)15(17)16(22-5)19-12(14)3/h7,9H,6,8,10H2,1-5H3. The molecule has 2 rings (SSSR count). The predicted molar refractivity (Wildman–Crippen MR) is 88.3 cm³/mol. The molecule has 0 aliphatic rings. The average molecular weight is 323 g/mol. The van der Waals surface area contributed by atoms with Gasteiger partial charge in [0.25, 0.3) is 0 Å². The maximum absolute atomic E-state index is 6.32. The van der Waals surface area contributed by atoms with E-state index >= 15 is 0 Å². The molecule has 22 heavy (non-hydrogen) atoms. The number of hydrogen-bond acceptors (Lipinski definition) is 4. The highest BCUT2D eigenvalue weighted by atomic mass is 35.5. The molecule has 0 fully saturated rings. The number of aromatic nitrogens is 3. The second kappa shape index (κ2) is 7.11. The van der Waals surface area contributed by atoms with E-state index in [1.54, 1.807) is 7.11 Å². The lowest BCUT2D eigenvalue weighted by Gasteiger charge is -2.20. The summed E-state index contributed by atoms with van der Waals surface area (Å²) < 4.78 is 7.15. The first-order valence-corrected chi connectivity index (χ1v) is 7.73. The highest BCUT2D eigenvalue weighted by Gasteiger charge is 2.15. The minimum atomic E-state index is 0.493. The molecule has 0 aliphatic carbocycles. The zero-order valence-corrected chi connectivity index (χ0v) is 14.6. The largest absolute Gasteiger partial charge is 0.480 e. The molecule has 0 amide bonds. The molecule has 2 aromatic heterocycles. The first-order valence-electron chi connectivity index (χ1n) is 7.35. The number of ether oxygens (including phenoxy) is 1. The van der Waals surface area contributed by atoms with Gasteiger partial charge in [-0.15, -0.1) is 0 Å². The number of nitrogens with zero attached hydrogens (tertiary/aromatic N) is 4. The fourth-order valence-corrected chi connectivity index (χ4v) is 2.73. The van der Waals surface area contributed by atoms with Crippen LogP contribution >= 0.6 is 11.6 Å². The number of pyridine rings is 1. The second-order valence-corrected chi connectivity index (χ2v) is 5.88. The van der Waals surface area contributed by atoms with E-state index in [0.29, 0.717) is 10.9 Å². The van der Waals surface area contributed by atoms with Crippen molar-refractivity contribution in [3.63, 3.8) is 0 Å². The summed E-state index contributed by atoms with van der Waals surface area (Å²) in [7, 11) is 3.67. The second-order valence-electron chi connectivity index (χ2n) is 5.50. The number of methoxy groups -OCH3 is 1. The van der Waals surface area contributed by atoms with Gasteiger partial charge in [-0.25, -0.2) is 4.98 Å². The molecule has 0 aliphatic heterocycles. The van der Waals surface area contributed by atoms with Crippen LogP contribution in [0.15, 0.2) is 12.4 Å². The summed E-state index contributed by atoms with van der Waals surface area (Å²) in [5.41, 5.74) is 4.33. The van der Waals surface area contributed by atoms with Crippen molar-refractivity contribution in [1.29, 1.82) is 0 Å². The maximum atomic E-state index is 6.32. The predicted octanol–water partition coefficient (Wildman–Crippen LogP) is 3.21. The molecule has 0 spiro atoms. The van der Waals surface area contributed by atoms with Crippen molar-refractivity contribution < 1.29 is 4.74 Å². The van der Waals surface area contributed by atoms with Crippen LogP contribution in [0.1, 0.15) is 29.3 Å². The zero-order chi connectivity index (χ0) is 16.3. The number of hydrogen-bond donors (Lipinski definition) is 0. The molecular weight excluding hydrogens is 300 g/mol. The highest BCUT2D eigenvalue weighted by molar-refractivity contribution is 6.32. The van der Waals surface area contributed by atoms with E-state index in [-0.39, 0.29) is 0 Å². The van der Waals surface area contributed by atoms with Crippen LogP contribution in [0.5, 0.6) is 5.88 Å². The summed E-state index contributed by atoms with van der Waals surface area (Å²) in [6, 6.07) is 0. The normalized spacial score (nSPS) is 11.2. The molecule has 0 atom stereocenters. The van der Waals surface area contributed by atoms with Gasteiger partial charge in [-0.3, -0.25) is 9.58 Å². The lowest BCUT2D eigenvalue weighted by atomic mass is 10.1. The Labute approximate surface area is 136 Å². The van der Waals surface area contributed by atoms with Crippen molar-refractivity contribution in [2.75, 3.05) is 14.2 Å². The summed E-state index contributed by atoms with van der Waals surface area (Å²) in [4.78, 5) is 6.67. The van der Waals surface area contributed by atoms with Crippen molar-refractivity contribution in [2.24, 2.45) is 0 Å². The van der Waals surface area contributed by atoms with Crippen LogP contribution in [0.3, 0.4) is 0 Å². The van der Waals surface area contributed by atoms with Crippen LogP contribution in [-0.2, 0) is 19.6 Å². The van der Waals surface area contributed by atoms with Crippen molar-refractivity contribution in [2.45, 2.75) is 40.4 Å². The van der Waals surface area contributed by atoms with Gasteiger partial charge in [0.15, 0.2) is 0 Å². The Morgan fingerprint density at radius 3 is 2.64 bits per heavy atom. The lowest BCUT2D eigenvalue weighted by molar-refractivity contribution is 0.316. The van der Waals surface area contributed by atoms with Crippen molar-refractivity contribution in [3.8, 4) is 5.88 Å². The molecular formula is C16H23ClN4O. The van der Waals surface area contributed by atoms with E-state index in [1.807, 2.05) is 24.7 Å². The van der Waals surface area contributed by atoms with Crippen LogP contribution < -0.4 is 4.74 Å². The molecule has 0 saturated heterocycles. The van der Waals surface area contributed by atoms with Crippen LogP contribution in [0.4, 0.5) is 0 Å². The Balaban J connectivity index is 2.14. The molecule has 0 unspecified atom stereocenters. The summed E-state index contributed by atoms with van der Waals surface area (Å²) in [6.07, 6.45) is 3.99. The van der Waals surface area contributed by atoms with Gasteiger partial charge >= 0.3 is 0 Å². The smallest absolute Gasteiger partial charge is 0.232 e. The summed E-state index contributed by atoms with van der Waals surface area (Å²) >= 11 is 6.32. The van der Waals surface area contributed by atoms with E-state index in [2.05, 4.69) is 35.2 Å². The Bertz CT molecular complexity index is 654. The molecule has 2 aromatic rings. The molecule has 120 valence electrons. The van der Waals surface area contributed by atoms with E-state index in [9.17, 15) is 0 Å². The SMILES string of the molecule is CCn1cc(CN(C)Cc2c(C)nc(OC)c(Cl)c2C)cn1. The molecule has 0 aromatic carbocycles. The van der Waals surface area contributed by atoms with Gasteiger partial charge in [0.1, 0.15) is 5.02 Å². The number of rotatable bonds is 6. The first kappa shape index (κ1) is 16.8. The monoisotopic (exact) mass is 322 g/mol. The van der Waals surface area contributed by atoms with E-state index in [0.717, 1.165) is 36.5 Å². The van der Waals surface area contributed by atoms with Crippen LogP contribution in [0.25, 0.3) is 0 Å². The van der Waals surface area contributed by atoms with Crippen molar-refractivity contribution in [1.82, 2.24) is 19.7 Å². The quantitative estimate of drug-likeness (QED) is 0.819. The molecule has 0 saturated carbocycles. The maximum Gasteiger partial charge on any atom is 0.232 e. The van der Waals surface area contributed by atoms with E-state index < -0.39 is 0 Å². The molecule has 6 heteroatoms. The summed E-state index contributed by atoms with van der Waals surface area (Å²) in [6.45, 7) is 8.59. The number of aryl methyl sites for hydroxylation is 2. The Kier molecular flexibility index (Phi) is 5.42. The third kappa shape index (κ3) is 3.59. The fraction of sp³-hybridized carbons (Fsp3) is 0.500. The summed E-state index contributed by atoms with van der Waals surface area (Å²) in [5, 5.41) is 4.90. The van der Waals surface area contributed by atoms with Gasteiger partial charge in [-0.05, 0) is 38.9 Å². The third-order valence-electron chi connectivity index (χ3n) is 3.76. The van der Waals surface area contributed by atoms with E-state index in [1.165, 1.54) is 5.56 Å². The molecule has 5 nitrogen and oxygen atoms in total. The lowest BCUT2D eigenvalue weighted by Crippen LogP contribution is -2.19. The highest BCUT2D eigenvalue weighted by Crippen LogP contribution is 2.30. The van der Waals surface area contributed by atoms with Gasteiger partial charge in [-0.2, -0.15) is 5.10 Å². The number of halogens is 1. The van der Waals surface area contributed by atoms with Gasteiger partial charge in [0.05, 0.1) is 13.3 Å². The Hall–Kier alpha value is -1.59. The van der Waals surface area contributed by atoms with Crippen LogP contribution in [0, 0.1) is 13.8 Å². The van der Waals surface area contributed by atoms with Crippen LogP contribution in [-0.4, -0.2) is 33.8 Å². The first-order chi connectivity index (χ1) is 10.5. The van der Waals surface area contributed by atoms with Gasteiger partial charge in [0.2, 0.25) is 5.88 Å². The fourth-order valence-electron chi connectivity index (χ4n) is 2.50. The average Bonchev–Trinajstić information content (AvgIpc) is 2.94.